The lowest BCUT2D eigenvalue weighted by atomic mass is 9.90. The molecule has 138 valence electrons. The van der Waals surface area contributed by atoms with Gasteiger partial charge in [-0.2, -0.15) is 0 Å². The van der Waals surface area contributed by atoms with Gasteiger partial charge in [0, 0.05) is 19.3 Å². The van der Waals surface area contributed by atoms with Gasteiger partial charge in [0.2, 0.25) is 0 Å². The smallest absolute Gasteiger partial charge is 0.257 e. The van der Waals surface area contributed by atoms with Gasteiger partial charge in [-0.05, 0) is 56.1 Å². The van der Waals surface area contributed by atoms with Crippen LogP contribution in [-0.2, 0) is 12.8 Å². The first-order valence-corrected chi connectivity index (χ1v) is 9.81. The molecule has 1 aliphatic rings. The SMILES string of the molecule is CCCc1ncncc1C(=O)N1CCCC(CCc2ccccc2C)C1. The van der Waals surface area contributed by atoms with E-state index in [0.717, 1.165) is 50.9 Å². The molecule has 1 saturated heterocycles. The number of amides is 1. The fourth-order valence-electron chi connectivity index (χ4n) is 3.88. The van der Waals surface area contributed by atoms with Gasteiger partial charge >= 0.3 is 0 Å². The van der Waals surface area contributed by atoms with Crippen molar-refractivity contribution in [1.82, 2.24) is 14.9 Å². The van der Waals surface area contributed by atoms with Crippen LogP contribution >= 0.6 is 0 Å². The number of carbonyl (C=O) groups excluding carboxylic acids is 1. The van der Waals surface area contributed by atoms with Crippen LogP contribution in [0.2, 0.25) is 0 Å². The Labute approximate surface area is 156 Å². The fraction of sp³-hybridized carbons (Fsp3) is 0.500. The second kappa shape index (κ2) is 8.93. The summed E-state index contributed by atoms with van der Waals surface area (Å²) in [5.41, 5.74) is 4.36. The van der Waals surface area contributed by atoms with Crippen LogP contribution in [0.1, 0.15) is 59.8 Å². The molecule has 3 rings (SSSR count). The summed E-state index contributed by atoms with van der Waals surface area (Å²) in [7, 11) is 0. The van der Waals surface area contributed by atoms with Crippen molar-refractivity contribution in [3.05, 3.63) is 59.2 Å². The molecule has 4 nitrogen and oxygen atoms in total. The quantitative estimate of drug-likeness (QED) is 0.783. The monoisotopic (exact) mass is 351 g/mol. The molecule has 2 heterocycles. The molecule has 4 heteroatoms. The predicted molar refractivity (Wildman–Crippen MR) is 104 cm³/mol. The van der Waals surface area contributed by atoms with Gasteiger partial charge in [0.25, 0.3) is 5.91 Å². The lowest BCUT2D eigenvalue weighted by Crippen LogP contribution is -2.40. The van der Waals surface area contributed by atoms with E-state index in [0.29, 0.717) is 11.5 Å². The number of nitrogens with zero attached hydrogens (tertiary/aromatic N) is 3. The summed E-state index contributed by atoms with van der Waals surface area (Å²) in [6.45, 7) is 5.99. The molecule has 0 spiro atoms. The number of rotatable bonds is 6. The average Bonchev–Trinajstić information content (AvgIpc) is 2.68. The Balaban J connectivity index is 1.63. The lowest BCUT2D eigenvalue weighted by molar-refractivity contribution is 0.0666. The second-order valence-electron chi connectivity index (χ2n) is 7.36. The largest absolute Gasteiger partial charge is 0.338 e. The lowest BCUT2D eigenvalue weighted by Gasteiger charge is -2.33. The highest BCUT2D eigenvalue weighted by molar-refractivity contribution is 5.95. The van der Waals surface area contributed by atoms with E-state index in [1.54, 1.807) is 12.5 Å². The van der Waals surface area contributed by atoms with Crippen LogP contribution in [0.3, 0.4) is 0 Å². The minimum atomic E-state index is 0.106. The summed E-state index contributed by atoms with van der Waals surface area (Å²) in [6.07, 6.45) is 9.57. The molecule has 0 saturated carbocycles. The summed E-state index contributed by atoms with van der Waals surface area (Å²) < 4.78 is 0. The first kappa shape index (κ1) is 18.6. The Bertz CT molecular complexity index is 744. The molecular weight excluding hydrogens is 322 g/mol. The maximum absolute atomic E-state index is 13.0. The molecule has 1 aromatic carbocycles. The third-order valence-corrected chi connectivity index (χ3v) is 5.40. The Kier molecular flexibility index (Phi) is 6.37. The number of piperidine rings is 1. The van der Waals surface area contributed by atoms with E-state index in [-0.39, 0.29) is 5.91 Å². The van der Waals surface area contributed by atoms with Crippen molar-refractivity contribution in [2.75, 3.05) is 13.1 Å². The molecule has 0 radical (unpaired) electrons. The summed E-state index contributed by atoms with van der Waals surface area (Å²) in [6, 6.07) is 8.61. The zero-order valence-electron chi connectivity index (χ0n) is 15.9. The van der Waals surface area contributed by atoms with Crippen LogP contribution in [-0.4, -0.2) is 33.9 Å². The molecule has 1 aliphatic heterocycles. The molecule has 2 aromatic rings. The van der Waals surface area contributed by atoms with E-state index in [2.05, 4.69) is 48.1 Å². The van der Waals surface area contributed by atoms with Crippen molar-refractivity contribution in [3.63, 3.8) is 0 Å². The van der Waals surface area contributed by atoms with Gasteiger partial charge in [-0.1, -0.05) is 37.6 Å². The number of likely N-dealkylation sites (tertiary alicyclic amines) is 1. The Morgan fingerprint density at radius 3 is 2.92 bits per heavy atom. The van der Waals surface area contributed by atoms with Crippen LogP contribution in [0.5, 0.6) is 0 Å². The Morgan fingerprint density at radius 1 is 1.27 bits per heavy atom. The Morgan fingerprint density at radius 2 is 2.12 bits per heavy atom. The summed E-state index contributed by atoms with van der Waals surface area (Å²) in [5, 5.41) is 0. The summed E-state index contributed by atoms with van der Waals surface area (Å²) in [4.78, 5) is 23.5. The average molecular weight is 351 g/mol. The number of aryl methyl sites for hydroxylation is 3. The maximum atomic E-state index is 13.0. The summed E-state index contributed by atoms with van der Waals surface area (Å²) >= 11 is 0. The molecule has 1 atom stereocenters. The topological polar surface area (TPSA) is 46.1 Å². The van der Waals surface area contributed by atoms with Gasteiger partial charge < -0.3 is 4.90 Å². The van der Waals surface area contributed by atoms with E-state index in [1.807, 2.05) is 4.90 Å². The molecule has 1 fully saturated rings. The Hall–Kier alpha value is -2.23. The van der Waals surface area contributed by atoms with Gasteiger partial charge in [0.15, 0.2) is 0 Å². The highest BCUT2D eigenvalue weighted by atomic mass is 16.2. The van der Waals surface area contributed by atoms with Crippen molar-refractivity contribution in [2.24, 2.45) is 5.92 Å². The first-order chi connectivity index (χ1) is 12.7. The summed E-state index contributed by atoms with van der Waals surface area (Å²) in [5.74, 6) is 0.682. The van der Waals surface area contributed by atoms with Gasteiger partial charge in [0.05, 0.1) is 11.3 Å². The van der Waals surface area contributed by atoms with E-state index in [1.165, 1.54) is 17.5 Å². The van der Waals surface area contributed by atoms with Crippen LogP contribution in [0.25, 0.3) is 0 Å². The van der Waals surface area contributed by atoms with Crippen LogP contribution < -0.4 is 0 Å². The van der Waals surface area contributed by atoms with Crippen molar-refractivity contribution in [2.45, 2.75) is 52.4 Å². The van der Waals surface area contributed by atoms with Crippen molar-refractivity contribution < 1.29 is 4.79 Å². The molecule has 0 bridgehead atoms. The second-order valence-corrected chi connectivity index (χ2v) is 7.36. The van der Waals surface area contributed by atoms with E-state index >= 15 is 0 Å². The van der Waals surface area contributed by atoms with Crippen molar-refractivity contribution >= 4 is 5.91 Å². The van der Waals surface area contributed by atoms with Crippen LogP contribution in [0, 0.1) is 12.8 Å². The minimum absolute atomic E-state index is 0.106. The molecule has 1 unspecified atom stereocenters. The van der Waals surface area contributed by atoms with Gasteiger partial charge in [-0.25, -0.2) is 9.97 Å². The highest BCUT2D eigenvalue weighted by Gasteiger charge is 2.26. The van der Waals surface area contributed by atoms with Gasteiger partial charge in [-0.3, -0.25) is 4.79 Å². The normalized spacial score (nSPS) is 17.3. The molecular formula is C22H29N3O. The minimum Gasteiger partial charge on any atom is -0.338 e. The van der Waals surface area contributed by atoms with Gasteiger partial charge in [0.1, 0.15) is 6.33 Å². The number of benzene rings is 1. The fourth-order valence-corrected chi connectivity index (χ4v) is 3.88. The molecule has 0 N–H and O–H groups in total. The molecule has 1 aromatic heterocycles. The third kappa shape index (κ3) is 4.48. The predicted octanol–water partition coefficient (Wildman–Crippen LogP) is 4.22. The van der Waals surface area contributed by atoms with E-state index in [4.69, 9.17) is 0 Å². The zero-order valence-corrected chi connectivity index (χ0v) is 15.9. The zero-order chi connectivity index (χ0) is 18.4. The number of hydrogen-bond acceptors (Lipinski definition) is 3. The third-order valence-electron chi connectivity index (χ3n) is 5.40. The van der Waals surface area contributed by atoms with E-state index < -0.39 is 0 Å². The van der Waals surface area contributed by atoms with Crippen LogP contribution in [0.4, 0.5) is 0 Å². The number of hydrogen-bond donors (Lipinski definition) is 0. The molecule has 26 heavy (non-hydrogen) atoms. The molecule has 0 aliphatic carbocycles. The van der Waals surface area contributed by atoms with E-state index in [9.17, 15) is 4.79 Å². The van der Waals surface area contributed by atoms with Crippen molar-refractivity contribution in [1.29, 1.82) is 0 Å². The first-order valence-electron chi connectivity index (χ1n) is 9.81. The van der Waals surface area contributed by atoms with Gasteiger partial charge in [-0.15, -0.1) is 0 Å². The number of carbonyl (C=O) groups is 1. The standard InChI is InChI=1S/C22H29N3O/c1-3-7-21-20(14-23-16-24-21)22(26)25-13-6-9-18(15-25)11-12-19-10-5-4-8-17(19)2/h4-5,8,10,14,16,18H,3,6-7,9,11-13,15H2,1-2H3. The number of aromatic nitrogens is 2. The van der Waals surface area contributed by atoms with Crippen molar-refractivity contribution in [3.8, 4) is 0 Å². The highest BCUT2D eigenvalue weighted by Crippen LogP contribution is 2.24. The maximum Gasteiger partial charge on any atom is 0.257 e. The molecule has 1 amide bonds. The van der Waals surface area contributed by atoms with Crippen LogP contribution in [0.15, 0.2) is 36.8 Å².